The molecule has 0 radical (unpaired) electrons. The first kappa shape index (κ1) is 9.82. The molecule has 0 saturated heterocycles. The van der Waals surface area contributed by atoms with Crippen LogP contribution >= 0.6 is 11.6 Å². The smallest absolute Gasteiger partial charge is 0.171 e. The lowest BCUT2D eigenvalue weighted by Gasteiger charge is -2.04. The molecule has 0 amide bonds. The molecule has 0 saturated carbocycles. The molecular weight excluding hydrogens is 188 g/mol. The number of nitriles is 1. The molecule has 0 fully saturated rings. The molecule has 13 heavy (non-hydrogen) atoms. The Morgan fingerprint density at radius 1 is 1.62 bits per heavy atom. The maximum absolute atomic E-state index is 8.27. The molecule has 0 atom stereocenters. The Balaban J connectivity index is 2.37. The fourth-order valence-corrected chi connectivity index (χ4v) is 0.986. The van der Waals surface area contributed by atoms with E-state index in [4.69, 9.17) is 21.6 Å². The van der Waals surface area contributed by atoms with Crippen molar-refractivity contribution in [2.45, 2.75) is 12.8 Å². The van der Waals surface area contributed by atoms with E-state index in [1.165, 1.54) is 0 Å². The quantitative estimate of drug-likeness (QED) is 0.549. The van der Waals surface area contributed by atoms with Gasteiger partial charge in [0.15, 0.2) is 10.9 Å². The first-order valence-corrected chi connectivity index (χ1v) is 4.32. The van der Waals surface area contributed by atoms with Gasteiger partial charge in [-0.05, 0) is 18.6 Å². The van der Waals surface area contributed by atoms with E-state index < -0.39 is 0 Å². The van der Waals surface area contributed by atoms with Crippen molar-refractivity contribution in [1.29, 1.82) is 5.26 Å². The number of ether oxygens (including phenoxy) is 1. The molecule has 1 heterocycles. The van der Waals surface area contributed by atoms with Gasteiger partial charge in [0, 0.05) is 12.6 Å². The lowest BCUT2D eigenvalue weighted by Crippen LogP contribution is -1.97. The average molecular weight is 197 g/mol. The van der Waals surface area contributed by atoms with Crippen LogP contribution in [0.1, 0.15) is 12.8 Å². The summed E-state index contributed by atoms with van der Waals surface area (Å²) in [6.45, 7) is 0.499. The highest BCUT2D eigenvalue weighted by Gasteiger charge is 1.99. The lowest BCUT2D eigenvalue weighted by atomic mass is 10.3. The Morgan fingerprint density at radius 2 is 2.46 bits per heavy atom. The summed E-state index contributed by atoms with van der Waals surface area (Å²) in [6, 6.07) is 5.55. The summed E-state index contributed by atoms with van der Waals surface area (Å²) in [7, 11) is 0. The van der Waals surface area contributed by atoms with Crippen LogP contribution in [0.5, 0.6) is 5.75 Å². The van der Waals surface area contributed by atoms with Gasteiger partial charge in [0.05, 0.1) is 12.7 Å². The van der Waals surface area contributed by atoms with Crippen LogP contribution in [0.3, 0.4) is 0 Å². The Morgan fingerprint density at radius 3 is 3.15 bits per heavy atom. The van der Waals surface area contributed by atoms with E-state index in [1.807, 2.05) is 6.07 Å². The van der Waals surface area contributed by atoms with Gasteiger partial charge in [0.1, 0.15) is 0 Å². The molecule has 0 spiro atoms. The van der Waals surface area contributed by atoms with Crippen LogP contribution in [-0.4, -0.2) is 11.6 Å². The van der Waals surface area contributed by atoms with E-state index in [1.54, 1.807) is 18.3 Å². The fourth-order valence-electron chi connectivity index (χ4n) is 0.812. The standard InChI is InChI=1S/C9H9ClN2O/c10-9-8(4-3-6-12-9)13-7-2-1-5-11/h3-4,6H,1-2,7H2. The van der Waals surface area contributed by atoms with E-state index >= 15 is 0 Å². The second-order valence-electron chi connectivity index (χ2n) is 2.40. The maximum Gasteiger partial charge on any atom is 0.171 e. The number of aromatic nitrogens is 1. The zero-order chi connectivity index (χ0) is 9.52. The van der Waals surface area contributed by atoms with Gasteiger partial charge in [-0.15, -0.1) is 0 Å². The van der Waals surface area contributed by atoms with Crippen LogP contribution in [-0.2, 0) is 0 Å². The van der Waals surface area contributed by atoms with Crippen LogP contribution in [0.2, 0.25) is 5.15 Å². The van der Waals surface area contributed by atoms with Gasteiger partial charge in [0.25, 0.3) is 0 Å². The number of halogens is 1. The van der Waals surface area contributed by atoms with Crippen molar-refractivity contribution in [3.63, 3.8) is 0 Å². The Bertz CT molecular complexity index is 309. The second kappa shape index (κ2) is 5.39. The van der Waals surface area contributed by atoms with Gasteiger partial charge in [-0.2, -0.15) is 5.26 Å². The first-order chi connectivity index (χ1) is 6.34. The summed E-state index contributed by atoms with van der Waals surface area (Å²) < 4.78 is 5.29. The van der Waals surface area contributed by atoms with Crippen molar-refractivity contribution >= 4 is 11.6 Å². The SMILES string of the molecule is N#CCCCOc1cccnc1Cl. The van der Waals surface area contributed by atoms with Crippen molar-refractivity contribution in [1.82, 2.24) is 4.98 Å². The van der Waals surface area contributed by atoms with Crippen LogP contribution in [0, 0.1) is 11.3 Å². The monoisotopic (exact) mass is 196 g/mol. The minimum atomic E-state index is 0.361. The highest BCUT2D eigenvalue weighted by atomic mass is 35.5. The van der Waals surface area contributed by atoms with Gasteiger partial charge >= 0.3 is 0 Å². The minimum absolute atomic E-state index is 0.361. The molecule has 1 rings (SSSR count). The normalized spacial score (nSPS) is 9.23. The maximum atomic E-state index is 8.27. The highest BCUT2D eigenvalue weighted by Crippen LogP contribution is 2.20. The van der Waals surface area contributed by atoms with Gasteiger partial charge in [-0.3, -0.25) is 0 Å². The molecule has 0 N–H and O–H groups in total. The van der Waals surface area contributed by atoms with Crippen molar-refractivity contribution < 1.29 is 4.74 Å². The fraction of sp³-hybridized carbons (Fsp3) is 0.333. The molecule has 0 aliphatic heterocycles. The molecule has 0 aliphatic carbocycles. The number of hydrogen-bond donors (Lipinski definition) is 0. The zero-order valence-corrected chi connectivity index (χ0v) is 7.79. The molecule has 68 valence electrons. The molecular formula is C9H9ClN2O. The molecule has 0 unspecified atom stereocenters. The van der Waals surface area contributed by atoms with Crippen molar-refractivity contribution in [3.8, 4) is 11.8 Å². The molecule has 0 bridgehead atoms. The Kier molecular flexibility index (Phi) is 4.07. The number of nitrogens with zero attached hydrogens (tertiary/aromatic N) is 2. The predicted molar refractivity (Wildman–Crippen MR) is 49.6 cm³/mol. The molecule has 3 nitrogen and oxygen atoms in total. The summed E-state index contributed by atoms with van der Waals surface area (Å²) in [6.07, 6.45) is 2.81. The Hall–Kier alpha value is -1.27. The molecule has 0 aliphatic rings. The van der Waals surface area contributed by atoms with Gasteiger partial charge < -0.3 is 4.74 Å². The van der Waals surface area contributed by atoms with Gasteiger partial charge in [-0.1, -0.05) is 11.6 Å². The topological polar surface area (TPSA) is 45.9 Å². The summed E-state index contributed by atoms with van der Waals surface area (Å²) in [4.78, 5) is 3.85. The number of pyridine rings is 1. The van der Waals surface area contributed by atoms with Crippen LogP contribution in [0.4, 0.5) is 0 Å². The third-order valence-corrected chi connectivity index (χ3v) is 1.70. The highest BCUT2D eigenvalue weighted by molar-refractivity contribution is 6.30. The average Bonchev–Trinajstić information content (AvgIpc) is 2.15. The lowest BCUT2D eigenvalue weighted by molar-refractivity contribution is 0.311. The second-order valence-corrected chi connectivity index (χ2v) is 2.76. The third kappa shape index (κ3) is 3.30. The predicted octanol–water partition coefficient (Wildman–Crippen LogP) is 2.42. The number of rotatable bonds is 4. The summed E-state index contributed by atoms with van der Waals surface area (Å²) >= 11 is 5.74. The number of unbranched alkanes of at least 4 members (excludes halogenated alkanes) is 1. The van der Waals surface area contributed by atoms with Gasteiger partial charge in [-0.25, -0.2) is 4.98 Å². The minimum Gasteiger partial charge on any atom is -0.490 e. The zero-order valence-electron chi connectivity index (χ0n) is 7.03. The van der Waals surface area contributed by atoms with Crippen molar-refractivity contribution in [2.75, 3.05) is 6.61 Å². The van der Waals surface area contributed by atoms with Crippen LogP contribution in [0.25, 0.3) is 0 Å². The molecule has 4 heteroatoms. The summed E-state index contributed by atoms with van der Waals surface area (Å²) in [5.41, 5.74) is 0. The molecule has 0 aromatic carbocycles. The molecule has 1 aromatic rings. The van der Waals surface area contributed by atoms with E-state index in [-0.39, 0.29) is 0 Å². The largest absolute Gasteiger partial charge is 0.490 e. The molecule has 1 aromatic heterocycles. The van der Waals surface area contributed by atoms with E-state index in [0.29, 0.717) is 30.4 Å². The van der Waals surface area contributed by atoms with Gasteiger partial charge in [0.2, 0.25) is 0 Å². The van der Waals surface area contributed by atoms with E-state index in [9.17, 15) is 0 Å². The summed E-state index contributed by atoms with van der Waals surface area (Å²) in [5.74, 6) is 0.571. The van der Waals surface area contributed by atoms with Crippen molar-refractivity contribution in [3.05, 3.63) is 23.5 Å². The number of hydrogen-bond acceptors (Lipinski definition) is 3. The van der Waals surface area contributed by atoms with Crippen molar-refractivity contribution in [2.24, 2.45) is 0 Å². The Labute approximate surface area is 81.9 Å². The first-order valence-electron chi connectivity index (χ1n) is 3.95. The van der Waals surface area contributed by atoms with Crippen LogP contribution in [0.15, 0.2) is 18.3 Å². The summed E-state index contributed by atoms with van der Waals surface area (Å²) in [5, 5.41) is 8.63. The third-order valence-electron chi connectivity index (χ3n) is 1.42. The van der Waals surface area contributed by atoms with E-state index in [0.717, 1.165) is 0 Å². The van der Waals surface area contributed by atoms with Crippen LogP contribution < -0.4 is 4.74 Å². The van der Waals surface area contributed by atoms with E-state index in [2.05, 4.69) is 4.98 Å².